The SMILES string of the molecule is NC1CCC(N2CCC(N)C2)C1. The molecule has 0 amide bonds. The number of hydrogen-bond donors (Lipinski definition) is 2. The second-order valence-electron chi connectivity index (χ2n) is 4.27. The summed E-state index contributed by atoms with van der Waals surface area (Å²) in [6, 6.07) is 1.61. The molecule has 1 heterocycles. The Morgan fingerprint density at radius 2 is 1.83 bits per heavy atom. The van der Waals surface area contributed by atoms with Crippen molar-refractivity contribution in [2.75, 3.05) is 13.1 Å². The largest absolute Gasteiger partial charge is 0.328 e. The molecular formula is C9H19N3. The van der Waals surface area contributed by atoms with Gasteiger partial charge in [-0.15, -0.1) is 0 Å². The highest BCUT2D eigenvalue weighted by Gasteiger charge is 2.30. The molecule has 0 aromatic carbocycles. The Morgan fingerprint density at radius 3 is 2.33 bits per heavy atom. The molecule has 1 aliphatic carbocycles. The second-order valence-corrected chi connectivity index (χ2v) is 4.27. The Labute approximate surface area is 74.1 Å². The molecule has 70 valence electrons. The van der Waals surface area contributed by atoms with Crippen LogP contribution in [0.3, 0.4) is 0 Å². The highest BCUT2D eigenvalue weighted by Crippen LogP contribution is 2.25. The van der Waals surface area contributed by atoms with Crippen molar-refractivity contribution in [3.8, 4) is 0 Å². The molecule has 1 saturated carbocycles. The number of hydrogen-bond acceptors (Lipinski definition) is 3. The molecule has 2 fully saturated rings. The lowest BCUT2D eigenvalue weighted by atomic mass is 10.2. The van der Waals surface area contributed by atoms with E-state index in [9.17, 15) is 0 Å². The molecule has 1 aliphatic heterocycles. The molecular weight excluding hydrogens is 150 g/mol. The quantitative estimate of drug-likeness (QED) is 0.576. The first kappa shape index (κ1) is 8.48. The lowest BCUT2D eigenvalue weighted by Crippen LogP contribution is -2.34. The average Bonchev–Trinajstić information content (AvgIpc) is 2.58. The summed E-state index contributed by atoms with van der Waals surface area (Å²) in [4.78, 5) is 2.53. The maximum atomic E-state index is 5.87. The van der Waals surface area contributed by atoms with Gasteiger partial charge in [-0.1, -0.05) is 0 Å². The third-order valence-electron chi connectivity index (χ3n) is 3.22. The molecule has 0 radical (unpaired) electrons. The van der Waals surface area contributed by atoms with Crippen LogP contribution in [-0.2, 0) is 0 Å². The summed E-state index contributed by atoms with van der Waals surface area (Å²) in [5.74, 6) is 0. The summed E-state index contributed by atoms with van der Waals surface area (Å²) in [6.45, 7) is 2.29. The zero-order valence-corrected chi connectivity index (χ0v) is 7.58. The highest BCUT2D eigenvalue weighted by atomic mass is 15.2. The van der Waals surface area contributed by atoms with E-state index in [1.165, 1.54) is 32.2 Å². The first-order valence-corrected chi connectivity index (χ1v) is 5.01. The molecule has 3 heteroatoms. The van der Waals surface area contributed by atoms with Crippen LogP contribution in [0.25, 0.3) is 0 Å². The minimum absolute atomic E-state index is 0.418. The molecule has 2 aliphatic rings. The van der Waals surface area contributed by atoms with E-state index in [2.05, 4.69) is 4.90 Å². The number of likely N-dealkylation sites (tertiary alicyclic amines) is 1. The molecule has 4 N–H and O–H groups in total. The van der Waals surface area contributed by atoms with E-state index >= 15 is 0 Å². The Hall–Kier alpha value is -0.120. The van der Waals surface area contributed by atoms with Gasteiger partial charge in [0.15, 0.2) is 0 Å². The molecule has 1 saturated heterocycles. The number of rotatable bonds is 1. The van der Waals surface area contributed by atoms with Crippen LogP contribution in [0.5, 0.6) is 0 Å². The Kier molecular flexibility index (Phi) is 2.35. The fourth-order valence-electron chi connectivity index (χ4n) is 2.47. The molecule has 12 heavy (non-hydrogen) atoms. The van der Waals surface area contributed by atoms with Crippen molar-refractivity contribution in [2.24, 2.45) is 11.5 Å². The Bertz CT molecular complexity index is 142. The topological polar surface area (TPSA) is 55.3 Å². The predicted molar refractivity (Wildman–Crippen MR) is 49.8 cm³/mol. The van der Waals surface area contributed by atoms with Gasteiger partial charge in [0.25, 0.3) is 0 Å². The van der Waals surface area contributed by atoms with Crippen molar-refractivity contribution in [1.29, 1.82) is 0 Å². The fraction of sp³-hybridized carbons (Fsp3) is 1.00. The van der Waals surface area contributed by atoms with Crippen molar-refractivity contribution < 1.29 is 0 Å². The minimum Gasteiger partial charge on any atom is -0.328 e. The average molecular weight is 169 g/mol. The Balaban J connectivity index is 1.85. The summed E-state index contributed by atoms with van der Waals surface area (Å²) in [5, 5.41) is 0. The molecule has 0 aromatic heterocycles. The van der Waals surface area contributed by atoms with Gasteiger partial charge in [0.2, 0.25) is 0 Å². The van der Waals surface area contributed by atoms with Gasteiger partial charge in [-0.25, -0.2) is 0 Å². The third kappa shape index (κ3) is 1.63. The van der Waals surface area contributed by atoms with Crippen LogP contribution >= 0.6 is 0 Å². The first-order valence-electron chi connectivity index (χ1n) is 5.01. The summed E-state index contributed by atoms with van der Waals surface area (Å²) >= 11 is 0. The molecule has 0 spiro atoms. The van der Waals surface area contributed by atoms with Gasteiger partial charge in [-0.2, -0.15) is 0 Å². The summed E-state index contributed by atoms with van der Waals surface area (Å²) in [6.07, 6.45) is 4.85. The molecule has 3 nitrogen and oxygen atoms in total. The minimum atomic E-state index is 0.418. The second kappa shape index (κ2) is 3.32. The van der Waals surface area contributed by atoms with Crippen LogP contribution in [0.2, 0.25) is 0 Å². The summed E-state index contributed by atoms with van der Waals surface area (Å²) in [5.41, 5.74) is 11.7. The monoisotopic (exact) mass is 169 g/mol. The van der Waals surface area contributed by atoms with Crippen molar-refractivity contribution in [1.82, 2.24) is 4.90 Å². The lowest BCUT2D eigenvalue weighted by Gasteiger charge is -2.23. The summed E-state index contributed by atoms with van der Waals surface area (Å²) in [7, 11) is 0. The van der Waals surface area contributed by atoms with Gasteiger partial charge < -0.3 is 11.5 Å². The molecule has 3 unspecified atom stereocenters. The standard InChI is InChI=1S/C9H19N3/c10-7-1-2-9(5-7)12-4-3-8(11)6-12/h7-9H,1-6,10-11H2. The van der Waals surface area contributed by atoms with Gasteiger partial charge in [0.05, 0.1) is 0 Å². The van der Waals surface area contributed by atoms with Crippen LogP contribution in [0, 0.1) is 0 Å². The highest BCUT2D eigenvalue weighted by molar-refractivity contribution is 4.89. The van der Waals surface area contributed by atoms with Crippen LogP contribution < -0.4 is 11.5 Å². The fourth-order valence-corrected chi connectivity index (χ4v) is 2.47. The van der Waals surface area contributed by atoms with E-state index < -0.39 is 0 Å². The van der Waals surface area contributed by atoms with Crippen LogP contribution in [-0.4, -0.2) is 36.1 Å². The van der Waals surface area contributed by atoms with E-state index in [1.807, 2.05) is 0 Å². The zero-order valence-electron chi connectivity index (χ0n) is 7.58. The van der Waals surface area contributed by atoms with Crippen LogP contribution in [0.1, 0.15) is 25.7 Å². The van der Waals surface area contributed by atoms with Crippen molar-refractivity contribution in [2.45, 2.75) is 43.8 Å². The van der Waals surface area contributed by atoms with E-state index in [0.717, 1.165) is 12.6 Å². The van der Waals surface area contributed by atoms with Gasteiger partial charge in [0.1, 0.15) is 0 Å². The normalized spacial score (nSPS) is 44.0. The van der Waals surface area contributed by atoms with Crippen molar-refractivity contribution in [3.63, 3.8) is 0 Å². The molecule has 0 aromatic rings. The van der Waals surface area contributed by atoms with Crippen LogP contribution in [0.15, 0.2) is 0 Å². The summed E-state index contributed by atoms with van der Waals surface area (Å²) < 4.78 is 0. The maximum Gasteiger partial charge on any atom is 0.0180 e. The van der Waals surface area contributed by atoms with E-state index in [1.54, 1.807) is 0 Å². The van der Waals surface area contributed by atoms with E-state index in [4.69, 9.17) is 11.5 Å². The van der Waals surface area contributed by atoms with Crippen LogP contribution in [0.4, 0.5) is 0 Å². The van der Waals surface area contributed by atoms with Crippen molar-refractivity contribution in [3.05, 3.63) is 0 Å². The van der Waals surface area contributed by atoms with Crippen molar-refractivity contribution >= 4 is 0 Å². The number of nitrogens with zero attached hydrogens (tertiary/aromatic N) is 1. The predicted octanol–water partition coefficient (Wildman–Crippen LogP) is -0.101. The van der Waals surface area contributed by atoms with Gasteiger partial charge in [-0.05, 0) is 25.7 Å². The first-order chi connectivity index (χ1) is 5.75. The third-order valence-corrected chi connectivity index (χ3v) is 3.22. The van der Waals surface area contributed by atoms with E-state index in [-0.39, 0.29) is 0 Å². The van der Waals surface area contributed by atoms with Gasteiger partial charge in [-0.3, -0.25) is 4.90 Å². The molecule has 2 rings (SSSR count). The lowest BCUT2D eigenvalue weighted by molar-refractivity contribution is 0.242. The molecule has 0 bridgehead atoms. The van der Waals surface area contributed by atoms with Gasteiger partial charge >= 0.3 is 0 Å². The number of nitrogens with two attached hydrogens (primary N) is 2. The zero-order chi connectivity index (χ0) is 8.55. The van der Waals surface area contributed by atoms with Gasteiger partial charge in [0, 0.05) is 31.2 Å². The maximum absolute atomic E-state index is 5.87. The Morgan fingerprint density at radius 1 is 1.00 bits per heavy atom. The molecule has 3 atom stereocenters. The smallest absolute Gasteiger partial charge is 0.0180 e. The van der Waals surface area contributed by atoms with E-state index in [0.29, 0.717) is 12.1 Å².